The van der Waals surface area contributed by atoms with E-state index in [1.54, 1.807) is 114 Å². The molecule has 0 aromatic heterocycles. The van der Waals surface area contributed by atoms with Gasteiger partial charge in [0.2, 0.25) is 41.2 Å². The van der Waals surface area contributed by atoms with E-state index in [9.17, 15) is 52.7 Å². The highest BCUT2D eigenvalue weighted by Gasteiger charge is 2.40. The summed E-state index contributed by atoms with van der Waals surface area (Å²) in [4.78, 5) is 153. The molecule has 0 radical (unpaired) electrons. The predicted molar refractivity (Wildman–Crippen MR) is 318 cm³/mol. The van der Waals surface area contributed by atoms with Crippen molar-refractivity contribution < 1.29 is 67.0 Å². The van der Waals surface area contributed by atoms with Crippen molar-refractivity contribution in [3.05, 3.63) is 71.3 Å². The lowest BCUT2D eigenvalue weighted by atomic mass is 9.85. The summed E-state index contributed by atoms with van der Waals surface area (Å²) in [6, 6.07) is 7.21. The van der Waals surface area contributed by atoms with Crippen LogP contribution >= 0.6 is 0 Å². The molecule has 2 aromatic carbocycles. The van der Waals surface area contributed by atoms with Crippen molar-refractivity contribution in [1.29, 1.82) is 0 Å². The van der Waals surface area contributed by atoms with Crippen LogP contribution in [0.5, 0.6) is 0 Å². The van der Waals surface area contributed by atoms with Gasteiger partial charge < -0.3 is 51.4 Å². The van der Waals surface area contributed by atoms with Gasteiger partial charge in [0.1, 0.15) is 47.0 Å². The number of rotatable bonds is 31. The second-order valence-electron chi connectivity index (χ2n) is 25.8. The summed E-state index contributed by atoms with van der Waals surface area (Å²) < 4.78 is 16.3. The van der Waals surface area contributed by atoms with Gasteiger partial charge in [-0.25, -0.2) is 0 Å². The average Bonchev–Trinajstić information content (AvgIpc) is 3.59. The Morgan fingerprint density at radius 2 is 0.976 bits per heavy atom. The summed E-state index contributed by atoms with van der Waals surface area (Å²) in [6.07, 6.45) is -0.550. The number of ether oxygens (including phenoxy) is 3. The van der Waals surface area contributed by atoms with E-state index in [1.165, 1.54) is 0 Å². The molecule has 7 amide bonds. The lowest BCUT2D eigenvalue weighted by molar-refractivity contribution is -0.158. The molecule has 0 aliphatic rings. The maximum Gasteiger partial charge on any atom is 0.308 e. The van der Waals surface area contributed by atoms with Crippen molar-refractivity contribution in [3.8, 4) is 0 Å². The fraction of sp³-hybridized carbons (Fsp3) is 0.635. The van der Waals surface area contributed by atoms with Gasteiger partial charge in [-0.05, 0) is 123 Å². The second kappa shape index (κ2) is 33.3. The van der Waals surface area contributed by atoms with E-state index in [1.807, 2.05) is 58.0 Å². The third-order valence-electron chi connectivity index (χ3n) is 12.8. The Bertz CT molecular complexity index is 2580. The quantitative estimate of drug-likeness (QED) is 0.0240. The zero-order chi connectivity index (χ0) is 63.9. The molecule has 0 unspecified atom stereocenters. The van der Waals surface area contributed by atoms with E-state index >= 15 is 0 Å². The summed E-state index contributed by atoms with van der Waals surface area (Å²) in [6.45, 7) is 29.0. The van der Waals surface area contributed by atoms with Crippen molar-refractivity contribution in [1.82, 2.24) is 37.2 Å². The first-order valence-electron chi connectivity index (χ1n) is 29.2. The summed E-state index contributed by atoms with van der Waals surface area (Å²) in [5.74, 6) is -9.33. The van der Waals surface area contributed by atoms with Crippen molar-refractivity contribution in [2.24, 2.45) is 11.3 Å². The number of hydrogen-bond acceptors (Lipinski definition) is 14. The van der Waals surface area contributed by atoms with Crippen molar-refractivity contribution in [2.45, 2.75) is 247 Å². The maximum atomic E-state index is 14.9. The smallest absolute Gasteiger partial charge is 0.308 e. The minimum absolute atomic E-state index is 0.103. The van der Waals surface area contributed by atoms with Gasteiger partial charge in [0.05, 0.1) is 24.9 Å². The first-order valence-corrected chi connectivity index (χ1v) is 29.2. The lowest BCUT2D eigenvalue weighted by Gasteiger charge is -2.34. The van der Waals surface area contributed by atoms with E-state index in [4.69, 9.17) is 14.2 Å². The Kier molecular flexibility index (Phi) is 28.9. The Balaban J connectivity index is 2.61. The molecule has 21 heteroatoms. The SMILES string of the molecule is CCCC[C@H](NC(=O)[C@H](CC(C)C)NC(=O)[C@@H](NC(=O)[C@H](Cc1ccccc1C)NC(=O)[C@H](CCC(=O)OC(C)(C)C)NC(=O)[C@H](CC(=O)OC(C)(C)C)NC(=O)CCC(=O)OC(C)(C)C)C(C)(C)C)C(=O)C(=O)N[C@@H](CC)c1ccccc1. The first kappa shape index (κ1) is 72.9. The Labute approximate surface area is 497 Å². The highest BCUT2D eigenvalue weighted by molar-refractivity contribution is 6.38. The molecule has 468 valence electrons. The van der Waals surface area contributed by atoms with Crippen LogP contribution in [0.2, 0.25) is 0 Å². The predicted octanol–water partition coefficient (Wildman–Crippen LogP) is 6.54. The van der Waals surface area contributed by atoms with Crippen LogP contribution in [0.1, 0.15) is 198 Å². The fourth-order valence-corrected chi connectivity index (χ4v) is 8.69. The molecule has 2 aromatic rings. The number of Topliss-reactive ketones (excluding diaryl/α,β-unsaturated/α-hetero) is 1. The van der Waals surface area contributed by atoms with E-state index in [0.29, 0.717) is 24.8 Å². The Hall–Kier alpha value is -7.19. The summed E-state index contributed by atoms with van der Waals surface area (Å²) >= 11 is 0. The van der Waals surface area contributed by atoms with Crippen LogP contribution in [0.15, 0.2) is 54.6 Å². The third-order valence-corrected chi connectivity index (χ3v) is 12.8. The van der Waals surface area contributed by atoms with Gasteiger partial charge in [0.25, 0.3) is 5.91 Å². The fourth-order valence-electron chi connectivity index (χ4n) is 8.69. The normalized spacial score (nSPS) is 14.4. The number of esters is 3. The summed E-state index contributed by atoms with van der Waals surface area (Å²) in [5, 5.41) is 18.9. The number of hydrogen-bond donors (Lipinski definition) is 7. The molecule has 0 heterocycles. The number of carbonyl (C=O) groups is 11. The molecule has 7 atom stereocenters. The van der Waals surface area contributed by atoms with Gasteiger partial charge in [0.15, 0.2) is 0 Å². The van der Waals surface area contributed by atoms with Gasteiger partial charge in [-0.15, -0.1) is 0 Å². The molecule has 2 rings (SSSR count). The van der Waals surface area contributed by atoms with Crippen LogP contribution in [0.25, 0.3) is 0 Å². The molecule has 0 bridgehead atoms. The number of nitrogens with one attached hydrogen (secondary N) is 7. The van der Waals surface area contributed by atoms with Crippen LogP contribution < -0.4 is 37.2 Å². The minimum Gasteiger partial charge on any atom is -0.460 e. The van der Waals surface area contributed by atoms with Crippen LogP contribution in [0.4, 0.5) is 0 Å². The number of benzene rings is 2. The molecule has 0 aliphatic heterocycles. The van der Waals surface area contributed by atoms with Crippen molar-refractivity contribution in [3.63, 3.8) is 0 Å². The van der Waals surface area contributed by atoms with Crippen LogP contribution in [-0.4, -0.2) is 118 Å². The van der Waals surface area contributed by atoms with Gasteiger partial charge in [-0.3, -0.25) is 52.7 Å². The number of ketones is 1. The molecule has 7 N–H and O–H groups in total. The molecular formula is C63H97N7O14. The molecule has 21 nitrogen and oxygen atoms in total. The Morgan fingerprint density at radius 1 is 0.488 bits per heavy atom. The highest BCUT2D eigenvalue weighted by Crippen LogP contribution is 2.23. The van der Waals surface area contributed by atoms with Crippen LogP contribution in [0, 0.1) is 18.3 Å². The van der Waals surface area contributed by atoms with Crippen molar-refractivity contribution >= 4 is 65.0 Å². The van der Waals surface area contributed by atoms with Gasteiger partial charge >= 0.3 is 17.9 Å². The average molecular weight is 1180 g/mol. The third kappa shape index (κ3) is 27.9. The van der Waals surface area contributed by atoms with E-state index < -0.39 is 155 Å². The van der Waals surface area contributed by atoms with Gasteiger partial charge in [-0.2, -0.15) is 0 Å². The molecule has 0 saturated carbocycles. The number of carbonyl (C=O) groups excluding carboxylic acids is 11. The molecule has 84 heavy (non-hydrogen) atoms. The molecule has 0 fully saturated rings. The summed E-state index contributed by atoms with van der Waals surface area (Å²) in [7, 11) is 0. The second-order valence-corrected chi connectivity index (χ2v) is 25.8. The van der Waals surface area contributed by atoms with Gasteiger partial charge in [0, 0.05) is 19.3 Å². The summed E-state index contributed by atoms with van der Waals surface area (Å²) in [5.41, 5.74) is -1.64. The van der Waals surface area contributed by atoms with Gasteiger partial charge in [-0.1, -0.05) is 116 Å². The van der Waals surface area contributed by atoms with Crippen LogP contribution in [-0.2, 0) is 73.4 Å². The number of aryl methyl sites for hydroxylation is 1. The van der Waals surface area contributed by atoms with E-state index in [-0.39, 0.29) is 31.6 Å². The van der Waals surface area contributed by atoms with Crippen molar-refractivity contribution in [2.75, 3.05) is 0 Å². The molecule has 0 spiro atoms. The monoisotopic (exact) mass is 1180 g/mol. The molecule has 0 aliphatic carbocycles. The maximum absolute atomic E-state index is 14.9. The standard InChI is InChI=1S/C63H97N7O14/c1-18-20-30-43(52(75)58(80)65-42(19-2)40-27-22-21-23-28-40)66-55(77)45(35-38(3)4)69-59(81)53(60(6,7)8)70-57(79)46(36-41-29-25-24-26-39(41)5)68-54(76)44(31-33-49(72)82-61(9,10)11)67-56(78)47(37-51(74)84-63(15,16)17)64-48(71)32-34-50(73)83-62(12,13)14/h21-29,38,42-47,53H,18-20,30-37H2,1-17H3,(H,64,71)(H,65,80)(H,66,77)(H,67,78)(H,68,76)(H,69,81)(H,70,79)/t42-,43-,44-,45-,46-,47-,53+/m0/s1. The van der Waals surface area contributed by atoms with E-state index in [0.717, 1.165) is 11.1 Å². The zero-order valence-corrected chi connectivity index (χ0v) is 52.8. The lowest BCUT2D eigenvalue weighted by Crippen LogP contribution is -2.62. The topological polar surface area (TPSA) is 300 Å². The highest BCUT2D eigenvalue weighted by atomic mass is 16.6. The van der Waals surface area contributed by atoms with Crippen LogP contribution in [0.3, 0.4) is 0 Å². The number of amides is 7. The molecular weight excluding hydrogens is 1080 g/mol. The number of unbranched alkanes of at least 4 members (excludes halogenated alkanes) is 1. The first-order chi connectivity index (χ1) is 38.8. The zero-order valence-electron chi connectivity index (χ0n) is 52.8. The molecule has 0 saturated heterocycles. The largest absolute Gasteiger partial charge is 0.460 e. The minimum atomic E-state index is -1.66. The van der Waals surface area contributed by atoms with E-state index in [2.05, 4.69) is 37.2 Å². The Morgan fingerprint density at radius 3 is 1.51 bits per heavy atom.